The van der Waals surface area contributed by atoms with Crippen molar-refractivity contribution in [2.24, 2.45) is 11.7 Å². The van der Waals surface area contributed by atoms with E-state index in [-0.39, 0.29) is 17.3 Å². The molecule has 0 atom stereocenters. The first kappa shape index (κ1) is 20.3. The topological polar surface area (TPSA) is 78.0 Å². The molecule has 5 nitrogen and oxygen atoms in total. The number of amides is 1. The van der Waals surface area contributed by atoms with E-state index in [1.54, 1.807) is 17.0 Å². The maximum atomic E-state index is 13.8. The Morgan fingerprint density at radius 3 is 2.50 bits per heavy atom. The van der Waals surface area contributed by atoms with Crippen molar-refractivity contribution < 1.29 is 14.0 Å². The van der Waals surface area contributed by atoms with Gasteiger partial charge in [-0.15, -0.1) is 0 Å². The normalized spacial score (nSPS) is 15.7. The van der Waals surface area contributed by atoms with Crippen LogP contribution in [0.2, 0.25) is 0 Å². The molecule has 2 N–H and O–H groups in total. The van der Waals surface area contributed by atoms with E-state index in [0.29, 0.717) is 16.8 Å². The van der Waals surface area contributed by atoms with Crippen LogP contribution in [0.1, 0.15) is 71.4 Å². The van der Waals surface area contributed by atoms with Gasteiger partial charge >= 0.3 is 0 Å². The first-order chi connectivity index (χ1) is 14.5. The highest BCUT2D eigenvalue weighted by molar-refractivity contribution is 6.11. The molecule has 0 aliphatic heterocycles. The minimum atomic E-state index is -0.720. The Morgan fingerprint density at radius 2 is 1.80 bits per heavy atom. The van der Waals surface area contributed by atoms with Gasteiger partial charge in [0.15, 0.2) is 5.78 Å². The third-order valence-electron chi connectivity index (χ3n) is 6.19. The lowest BCUT2D eigenvalue weighted by atomic mass is 9.85. The van der Waals surface area contributed by atoms with Gasteiger partial charge in [0.05, 0.1) is 23.0 Å². The van der Waals surface area contributed by atoms with Gasteiger partial charge in [0.1, 0.15) is 5.82 Å². The van der Waals surface area contributed by atoms with E-state index in [4.69, 9.17) is 5.73 Å². The zero-order chi connectivity index (χ0) is 21.3. The third-order valence-corrected chi connectivity index (χ3v) is 6.19. The van der Waals surface area contributed by atoms with Crippen molar-refractivity contribution in [3.8, 4) is 5.69 Å². The molecule has 6 heteroatoms. The molecule has 4 rings (SSSR count). The second kappa shape index (κ2) is 8.38. The van der Waals surface area contributed by atoms with Crippen LogP contribution >= 0.6 is 0 Å². The quantitative estimate of drug-likeness (QED) is 0.610. The van der Waals surface area contributed by atoms with Gasteiger partial charge in [-0.1, -0.05) is 32.1 Å². The van der Waals surface area contributed by atoms with Crippen molar-refractivity contribution in [3.63, 3.8) is 0 Å². The molecule has 156 valence electrons. The summed E-state index contributed by atoms with van der Waals surface area (Å²) in [4.78, 5) is 29.9. The highest BCUT2D eigenvalue weighted by atomic mass is 19.1. The van der Waals surface area contributed by atoms with Gasteiger partial charge in [-0.2, -0.15) is 0 Å². The van der Waals surface area contributed by atoms with Crippen LogP contribution in [0.25, 0.3) is 16.6 Å². The van der Waals surface area contributed by atoms with Crippen molar-refractivity contribution in [1.29, 1.82) is 0 Å². The van der Waals surface area contributed by atoms with Crippen LogP contribution in [0.3, 0.4) is 0 Å². The minimum absolute atomic E-state index is 0.0000407. The molecule has 0 spiro atoms. The molecule has 0 unspecified atom stereocenters. The molecular weight excluding hydrogens is 381 g/mol. The molecule has 3 aromatic rings. The largest absolute Gasteiger partial charge is 0.366 e. The number of carbonyl (C=O) groups is 2. The fourth-order valence-corrected chi connectivity index (χ4v) is 4.71. The lowest BCUT2D eigenvalue weighted by Crippen LogP contribution is -2.18. The van der Waals surface area contributed by atoms with E-state index in [1.807, 2.05) is 13.0 Å². The highest BCUT2D eigenvalue weighted by Crippen LogP contribution is 2.34. The van der Waals surface area contributed by atoms with E-state index in [2.05, 4.69) is 4.98 Å². The number of hydrogen-bond donors (Lipinski definition) is 1. The summed E-state index contributed by atoms with van der Waals surface area (Å²) in [5, 5.41) is 0.800. The Morgan fingerprint density at radius 1 is 1.10 bits per heavy atom. The van der Waals surface area contributed by atoms with Crippen LogP contribution in [0.5, 0.6) is 0 Å². The second-order valence-electron chi connectivity index (χ2n) is 8.12. The zero-order valence-corrected chi connectivity index (χ0v) is 17.2. The van der Waals surface area contributed by atoms with Crippen molar-refractivity contribution >= 4 is 22.6 Å². The zero-order valence-electron chi connectivity index (χ0n) is 17.2. The first-order valence-electron chi connectivity index (χ1n) is 10.6. The van der Waals surface area contributed by atoms with Crippen LogP contribution in [-0.2, 0) is 0 Å². The average Bonchev–Trinajstić information content (AvgIpc) is 2.99. The number of nitrogens with zero attached hydrogens (tertiary/aromatic N) is 2. The molecule has 1 aromatic carbocycles. The molecule has 0 saturated heterocycles. The number of rotatable bonds is 4. The Bertz CT molecular complexity index is 1110. The summed E-state index contributed by atoms with van der Waals surface area (Å²) in [5.74, 6) is -1.11. The molecule has 1 amide bonds. The number of pyridine rings is 1. The molecule has 0 radical (unpaired) electrons. The number of hydrogen-bond acceptors (Lipinski definition) is 3. The number of ketones is 1. The van der Waals surface area contributed by atoms with Gasteiger partial charge in [0.25, 0.3) is 5.91 Å². The van der Waals surface area contributed by atoms with Crippen molar-refractivity contribution in [1.82, 2.24) is 9.55 Å². The van der Waals surface area contributed by atoms with E-state index in [9.17, 15) is 14.0 Å². The summed E-state index contributed by atoms with van der Waals surface area (Å²) >= 11 is 0. The van der Waals surface area contributed by atoms with Crippen LogP contribution in [0.15, 0.2) is 36.7 Å². The molecule has 1 aliphatic carbocycles. The number of halogens is 1. The Labute approximate surface area is 175 Å². The highest BCUT2D eigenvalue weighted by Gasteiger charge is 2.28. The second-order valence-corrected chi connectivity index (χ2v) is 8.12. The van der Waals surface area contributed by atoms with Gasteiger partial charge < -0.3 is 10.3 Å². The molecule has 1 fully saturated rings. The predicted octanol–water partition coefficient (Wildman–Crippen LogP) is 5.12. The van der Waals surface area contributed by atoms with Gasteiger partial charge in [0.2, 0.25) is 0 Å². The van der Waals surface area contributed by atoms with Crippen molar-refractivity contribution in [2.45, 2.75) is 51.9 Å². The standard InChI is InChI=1S/C24H26FN3O2/c1-15-22(23(29)16-7-5-3-2-4-6-8-16)18-11-12-27-14-21(18)28(15)20-10-9-17(25)13-19(20)24(26)30/h9-14,16H,2-8H2,1H3,(H2,26,30). The number of carbonyl (C=O) groups excluding carboxylic acids is 2. The first-order valence-corrected chi connectivity index (χ1v) is 10.6. The summed E-state index contributed by atoms with van der Waals surface area (Å²) in [5.41, 5.74) is 8.15. The summed E-state index contributed by atoms with van der Waals surface area (Å²) in [6.45, 7) is 1.87. The van der Waals surface area contributed by atoms with Gasteiger partial charge in [-0.05, 0) is 44.0 Å². The van der Waals surface area contributed by atoms with Gasteiger partial charge in [-0.3, -0.25) is 14.6 Å². The number of Topliss-reactive ketones (excluding diaryl/α,β-unsaturated/α-hetero) is 1. The van der Waals surface area contributed by atoms with Crippen molar-refractivity contribution in [2.75, 3.05) is 0 Å². The minimum Gasteiger partial charge on any atom is -0.366 e. The number of primary amides is 1. The number of benzene rings is 1. The molecule has 1 aliphatic rings. The summed E-state index contributed by atoms with van der Waals surface area (Å²) in [6.07, 6.45) is 10.9. The monoisotopic (exact) mass is 407 g/mol. The maximum absolute atomic E-state index is 13.8. The third kappa shape index (κ3) is 3.62. The predicted molar refractivity (Wildman–Crippen MR) is 114 cm³/mol. The number of aromatic nitrogens is 2. The summed E-state index contributed by atoms with van der Waals surface area (Å²) in [7, 11) is 0. The van der Waals surface area contributed by atoms with Crippen LogP contribution in [0, 0.1) is 18.7 Å². The Balaban J connectivity index is 1.89. The van der Waals surface area contributed by atoms with E-state index < -0.39 is 11.7 Å². The molecule has 2 aromatic heterocycles. The number of fused-ring (bicyclic) bond motifs is 1. The SMILES string of the molecule is Cc1c(C(=O)C2CCCCCCC2)c2ccncc2n1-c1ccc(F)cc1C(N)=O. The smallest absolute Gasteiger partial charge is 0.250 e. The van der Waals surface area contributed by atoms with E-state index in [0.717, 1.165) is 42.8 Å². The maximum Gasteiger partial charge on any atom is 0.250 e. The molecule has 2 heterocycles. The lowest BCUT2D eigenvalue weighted by molar-refractivity contribution is 0.0899. The Kier molecular flexibility index (Phi) is 5.66. The summed E-state index contributed by atoms with van der Waals surface area (Å²) < 4.78 is 15.6. The van der Waals surface area contributed by atoms with E-state index in [1.165, 1.54) is 31.4 Å². The van der Waals surface area contributed by atoms with Crippen LogP contribution in [0.4, 0.5) is 4.39 Å². The van der Waals surface area contributed by atoms with E-state index >= 15 is 0 Å². The molecule has 30 heavy (non-hydrogen) atoms. The average molecular weight is 407 g/mol. The fourth-order valence-electron chi connectivity index (χ4n) is 4.71. The lowest BCUT2D eigenvalue weighted by Gasteiger charge is -2.19. The van der Waals surface area contributed by atoms with Crippen LogP contribution < -0.4 is 5.73 Å². The van der Waals surface area contributed by atoms with Crippen molar-refractivity contribution in [3.05, 3.63) is 59.3 Å². The molecule has 1 saturated carbocycles. The van der Waals surface area contributed by atoms with Gasteiger partial charge in [0, 0.05) is 28.8 Å². The molecule has 0 bridgehead atoms. The van der Waals surface area contributed by atoms with Crippen LogP contribution in [-0.4, -0.2) is 21.2 Å². The molecular formula is C24H26FN3O2. The summed E-state index contributed by atoms with van der Waals surface area (Å²) in [6, 6.07) is 5.79. The Hall–Kier alpha value is -3.02. The van der Waals surface area contributed by atoms with Gasteiger partial charge in [-0.25, -0.2) is 4.39 Å². The fraction of sp³-hybridized carbons (Fsp3) is 0.375. The number of nitrogens with two attached hydrogens (primary N) is 1.